The first-order valence-corrected chi connectivity index (χ1v) is 9.18. The van der Waals surface area contributed by atoms with Crippen molar-refractivity contribution in [3.8, 4) is 5.75 Å². The number of rotatable bonds is 5. The van der Waals surface area contributed by atoms with Crippen molar-refractivity contribution >= 4 is 23.1 Å². The van der Waals surface area contributed by atoms with E-state index in [1.165, 1.54) is 0 Å². The number of hydrogen-bond acceptors (Lipinski definition) is 4. The van der Waals surface area contributed by atoms with Crippen molar-refractivity contribution in [3.05, 3.63) is 39.8 Å². The number of carbonyl (C=O) groups excluding carboxylic acids is 1. The predicted molar refractivity (Wildman–Crippen MR) is 97.2 cm³/mol. The average Bonchev–Trinajstić information content (AvgIpc) is 3.12. The van der Waals surface area contributed by atoms with Gasteiger partial charge in [-0.25, -0.2) is 9.78 Å². The van der Waals surface area contributed by atoms with E-state index in [9.17, 15) is 4.79 Å². The minimum Gasteiger partial charge on any atom is -0.490 e. The molecule has 1 aliphatic rings. The summed E-state index contributed by atoms with van der Waals surface area (Å²) < 4.78 is 5.67. The van der Waals surface area contributed by atoms with Gasteiger partial charge < -0.3 is 15.4 Å². The lowest BCUT2D eigenvalue weighted by atomic mass is 10.1. The zero-order valence-corrected chi connectivity index (χ0v) is 15.1. The number of thiazole rings is 1. The quantitative estimate of drug-likeness (QED) is 0.862. The monoisotopic (exact) mass is 345 g/mol. The summed E-state index contributed by atoms with van der Waals surface area (Å²) >= 11 is 1.68. The Kier molecular flexibility index (Phi) is 5.04. The Morgan fingerprint density at radius 3 is 3.04 bits per heavy atom. The van der Waals surface area contributed by atoms with Gasteiger partial charge >= 0.3 is 6.03 Å². The van der Waals surface area contributed by atoms with Gasteiger partial charge in [-0.05, 0) is 30.7 Å². The number of nitrogens with one attached hydrogen (secondary N) is 2. The molecule has 2 heterocycles. The summed E-state index contributed by atoms with van der Waals surface area (Å²) in [4.78, 5) is 16.6. The van der Waals surface area contributed by atoms with E-state index < -0.39 is 0 Å². The van der Waals surface area contributed by atoms with Crippen LogP contribution in [0.15, 0.2) is 23.6 Å². The Hall–Kier alpha value is -2.08. The highest BCUT2D eigenvalue weighted by atomic mass is 32.1. The summed E-state index contributed by atoms with van der Waals surface area (Å²) in [5.41, 5.74) is 2.97. The SMILES string of the molecule is CC1Cc2cc(NC(=O)NCCc3csc(C(C)C)n3)ccc2O1. The highest BCUT2D eigenvalue weighted by Gasteiger charge is 2.19. The molecule has 1 aliphatic heterocycles. The Bertz CT molecular complexity index is 727. The van der Waals surface area contributed by atoms with E-state index in [-0.39, 0.29) is 12.1 Å². The van der Waals surface area contributed by atoms with Crippen molar-refractivity contribution in [2.75, 3.05) is 11.9 Å². The molecule has 5 nitrogen and oxygen atoms in total. The molecule has 128 valence electrons. The molecule has 0 saturated heterocycles. The highest BCUT2D eigenvalue weighted by molar-refractivity contribution is 7.09. The van der Waals surface area contributed by atoms with Gasteiger partial charge in [-0.15, -0.1) is 11.3 Å². The van der Waals surface area contributed by atoms with Gasteiger partial charge in [0.15, 0.2) is 0 Å². The maximum atomic E-state index is 12.0. The first-order valence-electron chi connectivity index (χ1n) is 8.30. The molecule has 2 aromatic rings. The second-order valence-electron chi connectivity index (χ2n) is 6.42. The van der Waals surface area contributed by atoms with Gasteiger partial charge in [0.25, 0.3) is 0 Å². The third-order valence-corrected chi connectivity index (χ3v) is 5.08. The van der Waals surface area contributed by atoms with Gasteiger partial charge in [0.2, 0.25) is 0 Å². The molecular formula is C18H23N3O2S. The molecule has 1 aromatic heterocycles. The van der Waals surface area contributed by atoms with Crippen LogP contribution < -0.4 is 15.4 Å². The van der Waals surface area contributed by atoms with E-state index in [0.717, 1.165) is 40.5 Å². The van der Waals surface area contributed by atoms with Gasteiger partial charge in [0.1, 0.15) is 11.9 Å². The summed E-state index contributed by atoms with van der Waals surface area (Å²) in [7, 11) is 0. The van der Waals surface area contributed by atoms with Crippen molar-refractivity contribution in [1.29, 1.82) is 0 Å². The number of ether oxygens (including phenoxy) is 1. The average molecular weight is 345 g/mol. The van der Waals surface area contributed by atoms with Gasteiger partial charge in [-0.1, -0.05) is 13.8 Å². The Morgan fingerprint density at radius 2 is 2.29 bits per heavy atom. The molecule has 1 atom stereocenters. The smallest absolute Gasteiger partial charge is 0.319 e. The number of benzene rings is 1. The van der Waals surface area contributed by atoms with Crippen LogP contribution in [0.5, 0.6) is 5.75 Å². The number of hydrogen-bond donors (Lipinski definition) is 2. The lowest BCUT2D eigenvalue weighted by Crippen LogP contribution is -2.30. The third kappa shape index (κ3) is 4.06. The molecule has 6 heteroatoms. The van der Waals surface area contributed by atoms with Crippen molar-refractivity contribution in [2.45, 2.75) is 45.6 Å². The van der Waals surface area contributed by atoms with Gasteiger partial charge in [-0.2, -0.15) is 0 Å². The van der Waals surface area contributed by atoms with Crippen LogP contribution in [0.25, 0.3) is 0 Å². The van der Waals surface area contributed by atoms with E-state index in [2.05, 4.69) is 34.8 Å². The number of anilines is 1. The molecule has 24 heavy (non-hydrogen) atoms. The van der Waals surface area contributed by atoms with Crippen LogP contribution in [0.4, 0.5) is 10.5 Å². The first-order chi connectivity index (χ1) is 11.5. The second kappa shape index (κ2) is 7.21. The van der Waals surface area contributed by atoms with Crippen molar-refractivity contribution in [1.82, 2.24) is 10.3 Å². The number of carbonyl (C=O) groups is 1. The van der Waals surface area contributed by atoms with Gasteiger partial charge in [-0.3, -0.25) is 0 Å². The van der Waals surface area contributed by atoms with Crippen LogP contribution in [0.2, 0.25) is 0 Å². The topological polar surface area (TPSA) is 63.2 Å². The zero-order valence-electron chi connectivity index (χ0n) is 14.3. The molecule has 0 bridgehead atoms. The molecule has 2 amide bonds. The van der Waals surface area contributed by atoms with Crippen LogP contribution in [-0.4, -0.2) is 23.7 Å². The van der Waals surface area contributed by atoms with Gasteiger partial charge in [0.05, 0.1) is 10.7 Å². The number of nitrogens with zero attached hydrogens (tertiary/aromatic N) is 1. The molecule has 1 unspecified atom stereocenters. The highest BCUT2D eigenvalue weighted by Crippen LogP contribution is 2.30. The number of amides is 2. The summed E-state index contributed by atoms with van der Waals surface area (Å²) in [6, 6.07) is 5.57. The lowest BCUT2D eigenvalue weighted by Gasteiger charge is -2.08. The molecule has 2 N–H and O–H groups in total. The van der Waals surface area contributed by atoms with Crippen LogP contribution in [0, 0.1) is 0 Å². The van der Waals surface area contributed by atoms with Crippen molar-refractivity contribution < 1.29 is 9.53 Å². The summed E-state index contributed by atoms with van der Waals surface area (Å²) in [5, 5.41) is 8.96. The zero-order chi connectivity index (χ0) is 17.1. The molecule has 3 rings (SSSR count). The summed E-state index contributed by atoms with van der Waals surface area (Å²) in [6.45, 7) is 6.88. The van der Waals surface area contributed by atoms with Crippen LogP contribution in [0.3, 0.4) is 0 Å². The molecule has 0 saturated carbocycles. The molecule has 0 radical (unpaired) electrons. The minimum atomic E-state index is -0.193. The van der Waals surface area contributed by atoms with Crippen molar-refractivity contribution in [2.24, 2.45) is 0 Å². The number of fused-ring (bicyclic) bond motifs is 1. The summed E-state index contributed by atoms with van der Waals surface area (Å²) in [5.74, 6) is 1.37. The predicted octanol–water partition coefficient (Wildman–Crippen LogP) is 3.95. The fourth-order valence-corrected chi connectivity index (χ4v) is 3.55. The van der Waals surface area contributed by atoms with E-state index in [4.69, 9.17) is 4.74 Å². The first kappa shape index (κ1) is 16.8. The lowest BCUT2D eigenvalue weighted by molar-refractivity contribution is 0.252. The number of urea groups is 1. The fourth-order valence-electron chi connectivity index (χ4n) is 2.68. The largest absolute Gasteiger partial charge is 0.490 e. The maximum absolute atomic E-state index is 12.0. The molecule has 1 aromatic carbocycles. The maximum Gasteiger partial charge on any atom is 0.319 e. The fraction of sp³-hybridized carbons (Fsp3) is 0.444. The second-order valence-corrected chi connectivity index (χ2v) is 7.31. The van der Waals surface area contributed by atoms with Crippen molar-refractivity contribution in [3.63, 3.8) is 0 Å². The Morgan fingerprint density at radius 1 is 1.46 bits per heavy atom. The van der Waals surface area contributed by atoms with Crippen LogP contribution >= 0.6 is 11.3 Å². The minimum absolute atomic E-state index is 0.193. The molecule has 0 aliphatic carbocycles. The van der Waals surface area contributed by atoms with E-state index in [1.807, 2.05) is 25.1 Å². The van der Waals surface area contributed by atoms with Crippen LogP contribution in [-0.2, 0) is 12.8 Å². The third-order valence-electron chi connectivity index (χ3n) is 3.88. The summed E-state index contributed by atoms with van der Waals surface area (Å²) in [6.07, 6.45) is 1.83. The van der Waals surface area contributed by atoms with E-state index in [0.29, 0.717) is 12.5 Å². The molecule has 0 spiro atoms. The Balaban J connectivity index is 1.47. The molecule has 0 fully saturated rings. The normalized spacial score (nSPS) is 15.9. The van der Waals surface area contributed by atoms with E-state index in [1.54, 1.807) is 11.3 Å². The Labute approximate surface area is 146 Å². The standard InChI is InChI=1S/C18H23N3O2S/c1-11(2)17-20-15(10-24-17)6-7-19-18(22)21-14-4-5-16-13(9-14)8-12(3)23-16/h4-5,9-12H,6-8H2,1-3H3,(H2,19,21,22). The molecular weight excluding hydrogens is 322 g/mol. The number of aromatic nitrogens is 1. The van der Waals surface area contributed by atoms with E-state index >= 15 is 0 Å². The van der Waals surface area contributed by atoms with Crippen LogP contribution in [0.1, 0.15) is 43.0 Å². The van der Waals surface area contributed by atoms with Gasteiger partial charge in [0, 0.05) is 36.4 Å².